The molecule has 0 aromatic heterocycles. The third-order valence-electron chi connectivity index (χ3n) is 0. The fraction of sp³-hybridized carbons (Fsp3) is 0. The predicted octanol–water partition coefficient (Wildman–Crippen LogP) is -5.24. The van der Waals surface area contributed by atoms with Crippen LogP contribution in [0.2, 0.25) is 0 Å². The molecule has 7 heteroatoms. The third-order valence-corrected chi connectivity index (χ3v) is 0. The van der Waals surface area contributed by atoms with E-state index in [1.54, 1.807) is 0 Å². The van der Waals surface area contributed by atoms with Gasteiger partial charge in [0.25, 0.3) is 0 Å². The van der Waals surface area contributed by atoms with Crippen LogP contribution in [0.3, 0.4) is 0 Å². The molecular weight excluding hydrogens is 329 g/mol. The van der Waals surface area contributed by atoms with Crippen molar-refractivity contribution < 1.29 is 19.2 Å². The van der Waals surface area contributed by atoms with Crippen molar-refractivity contribution in [3.63, 3.8) is 0 Å². The normalized spacial score (nSPS) is 8.57. The van der Waals surface area contributed by atoms with Gasteiger partial charge in [0.1, 0.15) is 0 Å². The topological polar surface area (TPSA) is 80.9 Å². The first kappa shape index (κ1) is 15.7. The quantitative estimate of drug-likeness (QED) is 0.332. The van der Waals surface area contributed by atoms with E-state index >= 15 is 0 Å². The standard InChI is InChI=1S/Bi.H4O4Si.H4Si.3H/c;1-5(2,3)4;;;;/h;1-4H;1H4;;;. The van der Waals surface area contributed by atoms with Gasteiger partial charge < -0.3 is 19.2 Å². The summed E-state index contributed by atoms with van der Waals surface area (Å²) in [6.45, 7) is 0. The number of rotatable bonds is 0. The smallest absolute Gasteiger partial charge is 0.0149 e. The Morgan fingerprint density at radius 2 is 0.857 bits per heavy atom. The molecule has 0 aromatic carbocycles. The molecule has 48 valence electrons. The van der Waals surface area contributed by atoms with Gasteiger partial charge >= 0.3 is 35.3 Å². The molecule has 0 atom stereocenters. The Kier molecular flexibility index (Phi) is 11.9. The van der Waals surface area contributed by atoms with Crippen molar-refractivity contribution in [2.24, 2.45) is 0 Å². The zero-order valence-corrected chi connectivity index (χ0v) is 9.49. The van der Waals surface area contributed by atoms with Crippen LogP contribution in [0.1, 0.15) is 0 Å². The van der Waals surface area contributed by atoms with Crippen LogP contribution in [-0.2, 0) is 0 Å². The fourth-order valence-corrected chi connectivity index (χ4v) is 0. The van der Waals surface area contributed by atoms with E-state index in [1.165, 1.54) is 0 Å². The van der Waals surface area contributed by atoms with Crippen molar-refractivity contribution in [3.8, 4) is 0 Å². The number of hydrogen-bond donors (Lipinski definition) is 4. The van der Waals surface area contributed by atoms with Gasteiger partial charge in [0, 0.05) is 0 Å². The van der Waals surface area contributed by atoms with Gasteiger partial charge in [-0.3, -0.25) is 0 Å². The molecule has 0 amide bonds. The zero-order chi connectivity index (χ0) is 4.50. The Morgan fingerprint density at radius 1 is 0.857 bits per heavy atom. The molecule has 0 saturated carbocycles. The van der Waals surface area contributed by atoms with Crippen LogP contribution in [0.25, 0.3) is 0 Å². The van der Waals surface area contributed by atoms with E-state index < -0.39 is 9.05 Å². The molecule has 0 aliphatic heterocycles. The Morgan fingerprint density at radius 3 is 0.857 bits per heavy atom. The first-order valence-corrected chi connectivity index (χ1v) is 2.68. The molecule has 0 aliphatic carbocycles. The second-order valence-electron chi connectivity index (χ2n) is 0.600. The largest absolute Gasteiger partial charge is 0.0149 e. The van der Waals surface area contributed by atoms with Crippen molar-refractivity contribution in [2.75, 3.05) is 0 Å². The summed E-state index contributed by atoms with van der Waals surface area (Å²) in [7, 11) is -4.61. The van der Waals surface area contributed by atoms with Crippen LogP contribution < -0.4 is 0 Å². The summed E-state index contributed by atoms with van der Waals surface area (Å²) in [5.74, 6) is 0. The predicted molar refractivity (Wildman–Crippen MR) is 35.9 cm³/mol. The minimum atomic E-state index is -4.61. The maximum absolute atomic E-state index is 7.33. The summed E-state index contributed by atoms with van der Waals surface area (Å²) in [6, 6.07) is 0. The van der Waals surface area contributed by atoms with Gasteiger partial charge in [-0.05, 0) is 11.0 Å². The molecule has 7 heavy (non-hydrogen) atoms. The van der Waals surface area contributed by atoms with Gasteiger partial charge in [-0.15, -0.1) is 0 Å². The Balaban J connectivity index is -0.0000000800. The minimum Gasteiger partial charge on any atom is -0.0149 e. The van der Waals surface area contributed by atoms with Crippen molar-refractivity contribution in [1.82, 2.24) is 0 Å². The average molecular weight is 340 g/mol. The number of hydrogen-bond acceptors (Lipinski definition) is 4. The van der Waals surface area contributed by atoms with E-state index in [1.807, 2.05) is 0 Å². The van der Waals surface area contributed by atoms with Crippen LogP contribution in [-0.4, -0.2) is 65.4 Å². The van der Waals surface area contributed by atoms with Crippen molar-refractivity contribution in [2.45, 2.75) is 0 Å². The van der Waals surface area contributed by atoms with Crippen molar-refractivity contribution >= 4 is 46.2 Å². The van der Waals surface area contributed by atoms with Gasteiger partial charge in [-0.1, -0.05) is 0 Å². The van der Waals surface area contributed by atoms with E-state index in [0.29, 0.717) is 0 Å². The minimum absolute atomic E-state index is 0. The first-order valence-electron chi connectivity index (χ1n) is 0.894. The molecule has 4 nitrogen and oxygen atoms in total. The second kappa shape index (κ2) is 5.30. The van der Waals surface area contributed by atoms with E-state index in [4.69, 9.17) is 19.2 Å². The SMILES string of the molecule is O[Si](O)(O)O.[BiH3].[SiH4]. The van der Waals surface area contributed by atoms with Gasteiger partial charge in [-0.2, -0.15) is 0 Å². The van der Waals surface area contributed by atoms with E-state index in [0.717, 1.165) is 0 Å². The van der Waals surface area contributed by atoms with Gasteiger partial charge in [0.15, 0.2) is 0 Å². The molecule has 0 aliphatic rings. The molecule has 0 rings (SSSR count). The van der Waals surface area contributed by atoms with Crippen LogP contribution >= 0.6 is 0 Å². The fourth-order valence-electron chi connectivity index (χ4n) is 0. The van der Waals surface area contributed by atoms with E-state index in [9.17, 15) is 0 Å². The maximum Gasteiger partial charge on any atom is -0.0149 e. The van der Waals surface area contributed by atoms with E-state index in [-0.39, 0.29) is 37.2 Å². The molecule has 0 bridgehead atoms. The first-order chi connectivity index (χ1) is 2.00. The van der Waals surface area contributed by atoms with Gasteiger partial charge in [0.2, 0.25) is 0 Å². The second-order valence-corrected chi connectivity index (χ2v) is 1.80. The summed E-state index contributed by atoms with van der Waals surface area (Å²) in [4.78, 5) is 29.3. The Hall–Kier alpha value is 1.16. The summed E-state index contributed by atoms with van der Waals surface area (Å²) >= 11 is 0. The van der Waals surface area contributed by atoms with Crippen molar-refractivity contribution in [1.29, 1.82) is 0 Å². The van der Waals surface area contributed by atoms with Crippen LogP contribution in [0.5, 0.6) is 0 Å². The average Bonchev–Trinajstić information content (AvgIpc) is 0.722. The van der Waals surface area contributed by atoms with Crippen LogP contribution in [0.4, 0.5) is 0 Å². The van der Waals surface area contributed by atoms with Crippen molar-refractivity contribution in [3.05, 3.63) is 0 Å². The monoisotopic (exact) mass is 340 g/mol. The zero-order valence-electron chi connectivity index (χ0n) is 3.00. The molecular formula is H11BiO4Si2. The van der Waals surface area contributed by atoms with Gasteiger partial charge in [-0.25, -0.2) is 0 Å². The molecule has 0 saturated heterocycles. The van der Waals surface area contributed by atoms with Crippen LogP contribution in [0, 0.1) is 0 Å². The van der Waals surface area contributed by atoms with E-state index in [2.05, 4.69) is 0 Å². The van der Waals surface area contributed by atoms with Crippen LogP contribution in [0.15, 0.2) is 0 Å². The molecule has 4 N–H and O–H groups in total. The summed E-state index contributed by atoms with van der Waals surface area (Å²) in [6.07, 6.45) is 0. The molecule has 0 unspecified atom stereocenters. The molecule has 0 heterocycles. The summed E-state index contributed by atoms with van der Waals surface area (Å²) in [5, 5.41) is 0. The molecule has 0 spiro atoms. The Labute approximate surface area is 65.4 Å². The molecule has 0 aromatic rings. The Bertz CT molecular complexity index is 25.2. The summed E-state index contributed by atoms with van der Waals surface area (Å²) in [5.41, 5.74) is 0. The maximum atomic E-state index is 7.33. The van der Waals surface area contributed by atoms with Gasteiger partial charge in [0.05, 0.1) is 0 Å². The molecule has 0 radical (unpaired) electrons. The molecule has 0 fully saturated rings. The summed E-state index contributed by atoms with van der Waals surface area (Å²) < 4.78 is 0. The third kappa shape index (κ3) is 142.